The molecule has 3 amide bonds. The molecule has 176 valence electrons. The quantitative estimate of drug-likeness (QED) is 0.419. The maximum Gasteiger partial charge on any atom is 0.412 e. The van der Waals surface area contributed by atoms with Crippen LogP contribution in [-0.4, -0.2) is 28.2 Å². The van der Waals surface area contributed by atoms with E-state index in [0.29, 0.717) is 29.1 Å². The Labute approximate surface area is 191 Å². The fourth-order valence-electron chi connectivity index (χ4n) is 3.47. The van der Waals surface area contributed by atoms with Crippen molar-refractivity contribution in [1.29, 1.82) is 0 Å². The summed E-state index contributed by atoms with van der Waals surface area (Å²) in [5, 5.41) is 19.1. The first kappa shape index (κ1) is 23.8. The molecule has 2 aromatic rings. The smallest absolute Gasteiger partial charge is 0.412 e. The number of hydrogen-bond acceptors (Lipinski definition) is 6. The summed E-state index contributed by atoms with van der Waals surface area (Å²) in [7, 11) is 0. The van der Waals surface area contributed by atoms with Crippen LogP contribution in [0.5, 0.6) is 5.75 Å². The number of carbonyl (C=O) groups excluding carboxylic acids is 2. The minimum absolute atomic E-state index is 0.0638. The van der Waals surface area contributed by atoms with Gasteiger partial charge in [-0.15, -0.1) is 0 Å². The van der Waals surface area contributed by atoms with Crippen molar-refractivity contribution in [3.63, 3.8) is 0 Å². The van der Waals surface area contributed by atoms with Crippen LogP contribution in [0, 0.1) is 10.1 Å². The molecule has 0 saturated heterocycles. The number of carbonyl (C=O) groups is 2. The average molecular weight is 456 g/mol. The van der Waals surface area contributed by atoms with Crippen molar-refractivity contribution in [2.45, 2.75) is 58.3 Å². The van der Waals surface area contributed by atoms with E-state index >= 15 is 0 Å². The third kappa shape index (κ3) is 6.58. The number of fused-ring (bicyclic) bond motifs is 1. The lowest BCUT2D eigenvalue weighted by Crippen LogP contribution is -2.42. The van der Waals surface area contributed by atoms with Crippen molar-refractivity contribution in [3.8, 4) is 5.75 Å². The highest BCUT2D eigenvalue weighted by molar-refractivity contribution is 5.90. The fourth-order valence-corrected chi connectivity index (χ4v) is 3.47. The summed E-state index contributed by atoms with van der Waals surface area (Å²) in [6.07, 6.45) is -0.0937. The average Bonchev–Trinajstić information content (AvgIpc) is 2.66. The molecule has 33 heavy (non-hydrogen) atoms. The van der Waals surface area contributed by atoms with Gasteiger partial charge in [0.2, 0.25) is 0 Å². The summed E-state index contributed by atoms with van der Waals surface area (Å²) in [5.74, 6) is 0.599. The Bertz CT molecular complexity index is 1060. The minimum Gasteiger partial charge on any atom is -0.487 e. The molecular weight excluding hydrogens is 428 g/mol. The number of benzene rings is 2. The molecule has 3 N–H and O–H groups in total. The second-order valence-electron chi connectivity index (χ2n) is 9.40. The van der Waals surface area contributed by atoms with Crippen LogP contribution in [0.15, 0.2) is 42.5 Å². The van der Waals surface area contributed by atoms with E-state index < -0.39 is 34.3 Å². The molecule has 2 aromatic carbocycles. The van der Waals surface area contributed by atoms with Crippen LogP contribution in [-0.2, 0) is 4.74 Å². The Morgan fingerprint density at radius 2 is 1.73 bits per heavy atom. The highest BCUT2D eigenvalue weighted by Gasteiger charge is 2.35. The van der Waals surface area contributed by atoms with E-state index in [4.69, 9.17) is 9.47 Å². The normalized spacial score (nSPS) is 16.6. The number of ether oxygens (including phenoxy) is 2. The number of anilines is 2. The van der Waals surface area contributed by atoms with Crippen molar-refractivity contribution in [2.75, 3.05) is 10.6 Å². The van der Waals surface area contributed by atoms with Gasteiger partial charge in [-0.3, -0.25) is 15.4 Å². The van der Waals surface area contributed by atoms with Gasteiger partial charge >= 0.3 is 12.1 Å². The Morgan fingerprint density at radius 1 is 1.09 bits per heavy atom. The predicted molar refractivity (Wildman–Crippen MR) is 124 cm³/mol. The molecule has 1 atom stereocenters. The lowest BCUT2D eigenvalue weighted by atomic mass is 9.89. The van der Waals surface area contributed by atoms with Gasteiger partial charge in [-0.25, -0.2) is 9.59 Å². The molecular formula is C23H28N4O6. The van der Waals surface area contributed by atoms with Crippen molar-refractivity contribution in [1.82, 2.24) is 5.32 Å². The molecule has 1 unspecified atom stereocenters. The third-order valence-electron chi connectivity index (χ3n) is 4.75. The third-order valence-corrected chi connectivity index (χ3v) is 4.75. The first-order valence-electron chi connectivity index (χ1n) is 10.5. The van der Waals surface area contributed by atoms with E-state index in [1.165, 1.54) is 24.3 Å². The molecule has 0 fully saturated rings. The summed E-state index contributed by atoms with van der Waals surface area (Å²) in [4.78, 5) is 35.1. The first-order chi connectivity index (χ1) is 15.3. The number of urea groups is 1. The Kier molecular flexibility index (Phi) is 6.48. The summed E-state index contributed by atoms with van der Waals surface area (Å²) >= 11 is 0. The van der Waals surface area contributed by atoms with Gasteiger partial charge < -0.3 is 20.1 Å². The number of nitrogens with one attached hydrogen (secondary N) is 3. The lowest BCUT2D eigenvalue weighted by Gasteiger charge is -2.38. The second kappa shape index (κ2) is 8.97. The van der Waals surface area contributed by atoms with Crippen LogP contribution in [0.25, 0.3) is 0 Å². The van der Waals surface area contributed by atoms with E-state index in [-0.39, 0.29) is 5.69 Å². The fraction of sp³-hybridized carbons (Fsp3) is 0.391. The monoisotopic (exact) mass is 456 g/mol. The Hall–Kier alpha value is -3.82. The number of rotatable bonds is 4. The zero-order valence-electron chi connectivity index (χ0n) is 19.2. The molecule has 0 bridgehead atoms. The van der Waals surface area contributed by atoms with E-state index in [1.54, 1.807) is 39.0 Å². The van der Waals surface area contributed by atoms with Crippen molar-refractivity contribution in [2.24, 2.45) is 0 Å². The number of amides is 3. The van der Waals surface area contributed by atoms with Gasteiger partial charge in [0.05, 0.1) is 11.0 Å². The second-order valence-corrected chi connectivity index (χ2v) is 9.40. The van der Waals surface area contributed by atoms with Gasteiger partial charge in [-0.05, 0) is 65.0 Å². The van der Waals surface area contributed by atoms with Crippen LogP contribution < -0.4 is 20.7 Å². The SMILES string of the molecule is CC(C)(C)OC(=O)Nc1ccc2c(c1)C(NC(=O)Nc1ccc([N+](=O)[O-])cc1)CC(C)(C)O2. The van der Waals surface area contributed by atoms with E-state index in [9.17, 15) is 19.7 Å². The highest BCUT2D eigenvalue weighted by Crippen LogP contribution is 2.40. The summed E-state index contributed by atoms with van der Waals surface area (Å²) < 4.78 is 11.3. The molecule has 0 radical (unpaired) electrons. The first-order valence-corrected chi connectivity index (χ1v) is 10.5. The van der Waals surface area contributed by atoms with Gasteiger partial charge in [0, 0.05) is 35.5 Å². The molecule has 1 aliphatic rings. The predicted octanol–water partition coefficient (Wildman–Crippen LogP) is 5.37. The molecule has 0 spiro atoms. The van der Waals surface area contributed by atoms with Gasteiger partial charge in [0.1, 0.15) is 17.0 Å². The summed E-state index contributed by atoms with van der Waals surface area (Å²) in [6.45, 7) is 9.17. The molecule has 10 nitrogen and oxygen atoms in total. The highest BCUT2D eigenvalue weighted by atomic mass is 16.6. The molecule has 3 rings (SSSR count). The van der Waals surface area contributed by atoms with Gasteiger partial charge in [0.15, 0.2) is 0 Å². The zero-order valence-corrected chi connectivity index (χ0v) is 19.2. The number of nitro groups is 1. The van der Waals surface area contributed by atoms with Crippen LogP contribution in [0.3, 0.4) is 0 Å². The largest absolute Gasteiger partial charge is 0.487 e. The minimum atomic E-state index is -0.633. The van der Waals surface area contributed by atoms with E-state index in [1.807, 2.05) is 13.8 Å². The van der Waals surface area contributed by atoms with Gasteiger partial charge in [0.25, 0.3) is 5.69 Å². The molecule has 0 aliphatic carbocycles. The van der Waals surface area contributed by atoms with E-state index in [0.717, 1.165) is 0 Å². The summed E-state index contributed by atoms with van der Waals surface area (Å²) in [6, 6.07) is 9.87. The molecule has 0 saturated carbocycles. The zero-order chi connectivity index (χ0) is 24.4. The Morgan fingerprint density at radius 3 is 2.33 bits per heavy atom. The van der Waals surface area contributed by atoms with Crippen LogP contribution in [0.1, 0.15) is 52.6 Å². The molecule has 1 heterocycles. The van der Waals surface area contributed by atoms with Crippen LogP contribution >= 0.6 is 0 Å². The van der Waals surface area contributed by atoms with Gasteiger partial charge in [-0.2, -0.15) is 0 Å². The number of nitrogens with zero attached hydrogens (tertiary/aromatic N) is 1. The standard InChI is InChI=1S/C23H28N4O6/c1-22(2,3)33-21(29)25-15-8-11-19-17(12-15)18(13-23(4,5)32-19)26-20(28)24-14-6-9-16(10-7-14)27(30)31/h6-12,18H,13H2,1-5H3,(H,25,29)(H2,24,26,28). The van der Waals surface area contributed by atoms with Gasteiger partial charge in [-0.1, -0.05) is 0 Å². The van der Waals surface area contributed by atoms with E-state index in [2.05, 4.69) is 16.0 Å². The Balaban J connectivity index is 1.76. The topological polar surface area (TPSA) is 132 Å². The van der Waals surface area contributed by atoms with Crippen molar-refractivity contribution >= 4 is 29.2 Å². The maximum atomic E-state index is 12.7. The molecule has 10 heteroatoms. The number of non-ortho nitro benzene ring substituents is 1. The number of hydrogen-bond donors (Lipinski definition) is 3. The summed E-state index contributed by atoms with van der Waals surface area (Å²) in [5.41, 5.74) is 0.413. The van der Waals surface area contributed by atoms with Crippen molar-refractivity contribution < 1.29 is 24.0 Å². The molecule has 1 aliphatic heterocycles. The number of nitro benzene ring substituents is 1. The lowest BCUT2D eigenvalue weighted by molar-refractivity contribution is -0.384. The van der Waals surface area contributed by atoms with Crippen molar-refractivity contribution in [3.05, 3.63) is 58.1 Å². The molecule has 0 aromatic heterocycles. The van der Waals surface area contributed by atoms with Crippen LogP contribution in [0.4, 0.5) is 26.7 Å². The maximum absolute atomic E-state index is 12.7. The van der Waals surface area contributed by atoms with Crippen LogP contribution in [0.2, 0.25) is 0 Å².